The quantitative estimate of drug-likeness (QED) is 0.928. The third-order valence-corrected chi connectivity index (χ3v) is 4.52. The molecule has 0 spiro atoms. The molecule has 1 saturated heterocycles. The van der Waals surface area contributed by atoms with E-state index in [0.717, 1.165) is 46.9 Å². The van der Waals surface area contributed by atoms with Crippen molar-refractivity contribution in [3.8, 4) is 5.75 Å². The summed E-state index contributed by atoms with van der Waals surface area (Å²) in [6, 6.07) is 9.91. The van der Waals surface area contributed by atoms with Crippen LogP contribution < -0.4 is 10.1 Å². The van der Waals surface area contributed by atoms with Gasteiger partial charge in [-0.15, -0.1) is 0 Å². The number of pyridine rings is 1. The first-order valence-electron chi connectivity index (χ1n) is 8.16. The van der Waals surface area contributed by atoms with Crippen LogP contribution in [0.25, 0.3) is 0 Å². The van der Waals surface area contributed by atoms with E-state index in [-0.39, 0.29) is 12.1 Å². The van der Waals surface area contributed by atoms with Crippen LogP contribution in [0.3, 0.4) is 0 Å². The van der Waals surface area contributed by atoms with Crippen molar-refractivity contribution in [1.29, 1.82) is 0 Å². The second-order valence-electron chi connectivity index (χ2n) is 6.25. The van der Waals surface area contributed by atoms with Gasteiger partial charge in [-0.1, -0.05) is 12.1 Å². The first-order valence-corrected chi connectivity index (χ1v) is 8.16. The molecule has 1 unspecified atom stereocenters. The highest BCUT2D eigenvalue weighted by Gasteiger charge is 2.34. The van der Waals surface area contributed by atoms with E-state index >= 15 is 0 Å². The van der Waals surface area contributed by atoms with Gasteiger partial charge in [0.25, 0.3) is 0 Å². The van der Waals surface area contributed by atoms with Gasteiger partial charge in [-0.25, -0.2) is 4.79 Å². The van der Waals surface area contributed by atoms with E-state index in [1.807, 2.05) is 56.0 Å². The van der Waals surface area contributed by atoms with Gasteiger partial charge in [0.1, 0.15) is 5.75 Å². The SMILES string of the molecule is COc1cccc(C2CCN2C(=O)Nc2c(C)cc(C)nc2C)c1. The van der Waals surface area contributed by atoms with Gasteiger partial charge in [0, 0.05) is 12.2 Å². The second-order valence-corrected chi connectivity index (χ2v) is 6.25. The predicted molar refractivity (Wildman–Crippen MR) is 94.5 cm³/mol. The zero-order valence-corrected chi connectivity index (χ0v) is 14.6. The van der Waals surface area contributed by atoms with Gasteiger partial charge >= 0.3 is 6.03 Å². The number of ether oxygens (including phenoxy) is 1. The molecule has 2 amide bonds. The van der Waals surface area contributed by atoms with E-state index in [4.69, 9.17) is 4.74 Å². The number of methoxy groups -OCH3 is 1. The lowest BCUT2D eigenvalue weighted by molar-refractivity contribution is 0.126. The molecule has 1 fully saturated rings. The number of urea groups is 1. The molecule has 2 heterocycles. The zero-order chi connectivity index (χ0) is 17.3. The van der Waals surface area contributed by atoms with Crippen molar-refractivity contribution in [1.82, 2.24) is 9.88 Å². The van der Waals surface area contributed by atoms with Crippen molar-refractivity contribution in [2.24, 2.45) is 0 Å². The minimum Gasteiger partial charge on any atom is -0.497 e. The number of hydrogen-bond acceptors (Lipinski definition) is 3. The summed E-state index contributed by atoms with van der Waals surface area (Å²) in [6.07, 6.45) is 0.963. The third kappa shape index (κ3) is 3.07. The summed E-state index contributed by atoms with van der Waals surface area (Å²) >= 11 is 0. The van der Waals surface area contributed by atoms with Crippen LogP contribution in [0.4, 0.5) is 10.5 Å². The number of carbonyl (C=O) groups is 1. The van der Waals surface area contributed by atoms with Crippen LogP contribution >= 0.6 is 0 Å². The first-order chi connectivity index (χ1) is 11.5. The van der Waals surface area contributed by atoms with Gasteiger partial charge in [0.15, 0.2) is 0 Å². The van der Waals surface area contributed by atoms with Crippen molar-refractivity contribution < 1.29 is 9.53 Å². The van der Waals surface area contributed by atoms with E-state index in [1.54, 1.807) is 7.11 Å². The lowest BCUT2D eigenvalue weighted by atomic mass is 9.95. The number of benzene rings is 1. The van der Waals surface area contributed by atoms with E-state index in [1.165, 1.54) is 0 Å². The molecule has 24 heavy (non-hydrogen) atoms. The summed E-state index contributed by atoms with van der Waals surface area (Å²) in [5.41, 5.74) is 4.75. The molecular formula is C19H23N3O2. The van der Waals surface area contributed by atoms with Crippen molar-refractivity contribution in [2.45, 2.75) is 33.2 Å². The first kappa shape index (κ1) is 16.3. The number of aryl methyl sites for hydroxylation is 3. The number of nitrogens with one attached hydrogen (secondary N) is 1. The second kappa shape index (κ2) is 6.51. The Balaban J connectivity index is 1.76. The van der Waals surface area contributed by atoms with Crippen LogP contribution in [0.15, 0.2) is 30.3 Å². The Hall–Kier alpha value is -2.56. The molecule has 1 aromatic carbocycles. The van der Waals surface area contributed by atoms with Crippen LogP contribution in [0, 0.1) is 20.8 Å². The van der Waals surface area contributed by atoms with Gasteiger partial charge in [-0.2, -0.15) is 0 Å². The van der Waals surface area contributed by atoms with Gasteiger partial charge in [0.05, 0.1) is 24.5 Å². The normalized spacial score (nSPS) is 16.5. The third-order valence-electron chi connectivity index (χ3n) is 4.52. The number of carbonyl (C=O) groups excluding carboxylic acids is 1. The fraction of sp³-hybridized carbons (Fsp3) is 0.368. The molecule has 1 aliphatic rings. The van der Waals surface area contributed by atoms with Crippen LogP contribution in [0.1, 0.15) is 35.0 Å². The average Bonchev–Trinajstić information content (AvgIpc) is 2.50. The number of nitrogens with zero attached hydrogens (tertiary/aromatic N) is 2. The standard InChI is InChI=1S/C19H23N3O2/c1-12-10-13(2)20-14(3)18(12)21-19(23)22-9-8-17(22)15-6-5-7-16(11-15)24-4/h5-7,10-11,17H,8-9H2,1-4H3,(H,21,23). The van der Waals surface area contributed by atoms with E-state index in [0.29, 0.717) is 0 Å². The fourth-order valence-electron chi connectivity index (χ4n) is 3.22. The fourth-order valence-corrected chi connectivity index (χ4v) is 3.22. The Bertz CT molecular complexity index is 750. The molecule has 1 aliphatic heterocycles. The summed E-state index contributed by atoms with van der Waals surface area (Å²) in [5.74, 6) is 0.814. The van der Waals surface area contributed by atoms with Gasteiger partial charge in [-0.05, 0) is 56.5 Å². The van der Waals surface area contributed by atoms with Crippen molar-refractivity contribution >= 4 is 11.7 Å². The number of rotatable bonds is 3. The highest BCUT2D eigenvalue weighted by Crippen LogP contribution is 2.35. The maximum Gasteiger partial charge on any atom is 0.322 e. The molecule has 2 aromatic rings. The number of aromatic nitrogens is 1. The van der Waals surface area contributed by atoms with Crippen LogP contribution in [0.5, 0.6) is 5.75 Å². The maximum atomic E-state index is 12.7. The van der Waals surface area contributed by atoms with Crippen LogP contribution in [-0.2, 0) is 0 Å². The summed E-state index contributed by atoms with van der Waals surface area (Å²) < 4.78 is 5.28. The Morgan fingerprint density at radius 3 is 2.71 bits per heavy atom. The summed E-state index contributed by atoms with van der Waals surface area (Å²) in [7, 11) is 1.65. The number of hydrogen-bond donors (Lipinski definition) is 1. The number of anilines is 1. The Labute approximate surface area is 142 Å². The van der Waals surface area contributed by atoms with E-state index in [9.17, 15) is 4.79 Å². The molecule has 0 bridgehead atoms. The molecule has 1 aromatic heterocycles. The largest absolute Gasteiger partial charge is 0.497 e. The average molecular weight is 325 g/mol. The topological polar surface area (TPSA) is 54.5 Å². The lowest BCUT2D eigenvalue weighted by Gasteiger charge is -2.41. The van der Waals surface area contributed by atoms with Gasteiger partial charge < -0.3 is 15.0 Å². The molecule has 5 heteroatoms. The summed E-state index contributed by atoms with van der Waals surface area (Å²) in [4.78, 5) is 19.0. The van der Waals surface area contributed by atoms with E-state index in [2.05, 4.69) is 10.3 Å². The number of amides is 2. The minimum atomic E-state index is -0.0778. The van der Waals surface area contributed by atoms with Crippen LogP contribution in [0.2, 0.25) is 0 Å². The summed E-state index contributed by atoms with van der Waals surface area (Å²) in [5, 5.41) is 3.03. The molecule has 0 aliphatic carbocycles. The molecular weight excluding hydrogens is 302 g/mol. The zero-order valence-electron chi connectivity index (χ0n) is 14.6. The maximum absolute atomic E-state index is 12.7. The molecule has 126 valence electrons. The Morgan fingerprint density at radius 1 is 1.29 bits per heavy atom. The smallest absolute Gasteiger partial charge is 0.322 e. The van der Waals surface area contributed by atoms with Crippen molar-refractivity contribution in [3.05, 3.63) is 52.8 Å². The van der Waals surface area contributed by atoms with Crippen molar-refractivity contribution in [3.63, 3.8) is 0 Å². The van der Waals surface area contributed by atoms with Crippen molar-refractivity contribution in [2.75, 3.05) is 19.0 Å². The molecule has 3 rings (SSSR count). The molecule has 1 atom stereocenters. The number of likely N-dealkylation sites (tertiary alicyclic amines) is 1. The monoisotopic (exact) mass is 325 g/mol. The minimum absolute atomic E-state index is 0.0778. The predicted octanol–water partition coefficient (Wildman–Crippen LogP) is 3.99. The molecule has 5 nitrogen and oxygen atoms in total. The molecule has 1 N–H and O–H groups in total. The van der Waals surface area contributed by atoms with Crippen LogP contribution in [-0.4, -0.2) is 29.6 Å². The highest BCUT2D eigenvalue weighted by molar-refractivity contribution is 5.91. The lowest BCUT2D eigenvalue weighted by Crippen LogP contribution is -2.47. The Morgan fingerprint density at radius 2 is 2.08 bits per heavy atom. The molecule has 0 saturated carbocycles. The Kier molecular flexibility index (Phi) is 4.42. The van der Waals surface area contributed by atoms with Gasteiger partial charge in [-0.3, -0.25) is 4.98 Å². The van der Waals surface area contributed by atoms with Gasteiger partial charge in [0.2, 0.25) is 0 Å². The molecule has 0 radical (unpaired) electrons. The van der Waals surface area contributed by atoms with E-state index < -0.39 is 0 Å². The summed E-state index contributed by atoms with van der Waals surface area (Å²) in [6.45, 7) is 6.63. The highest BCUT2D eigenvalue weighted by atomic mass is 16.5.